The summed E-state index contributed by atoms with van der Waals surface area (Å²) in [6, 6.07) is 75.6. The lowest BCUT2D eigenvalue weighted by Crippen LogP contribution is -2.17. The Balaban J connectivity index is 1.12. The zero-order chi connectivity index (χ0) is 38.1. The number of anilines is 3. The van der Waals surface area contributed by atoms with Crippen LogP contribution in [0.5, 0.6) is 0 Å². The van der Waals surface area contributed by atoms with Crippen LogP contribution in [0.1, 0.15) is 25.0 Å². The number of benzene rings is 9. The van der Waals surface area contributed by atoms with E-state index < -0.39 is 0 Å². The molecule has 1 heterocycles. The normalized spacial score (nSPS) is 12.9. The highest BCUT2D eigenvalue weighted by molar-refractivity contribution is 6.10. The first-order chi connectivity index (χ1) is 28.1. The van der Waals surface area contributed by atoms with E-state index in [0.29, 0.717) is 0 Å². The maximum Gasteiger partial charge on any atom is 0.0702 e. The van der Waals surface area contributed by atoms with E-state index in [1.54, 1.807) is 0 Å². The standard InChI is InChI=1S/C55H40N2/c1-55(2)48-25-9-6-20-44(48)45-35-34-41(36-49(45)55)56(52-28-12-13-29-53(52)57-50-26-10-7-21-46(50)47-22-8-11-27-51(47)57)40-32-30-38(31-33-40)43-24-15-19-39-18-14-23-42(54(39)43)37-16-4-3-5-17-37/h3-36H,1-2H3. The smallest absolute Gasteiger partial charge is 0.0702 e. The highest BCUT2D eigenvalue weighted by Gasteiger charge is 2.36. The Bertz CT molecular complexity index is 3090. The zero-order valence-electron chi connectivity index (χ0n) is 32.0. The van der Waals surface area contributed by atoms with Crippen LogP contribution in [0.25, 0.3) is 71.6 Å². The summed E-state index contributed by atoms with van der Waals surface area (Å²) in [6.07, 6.45) is 0. The van der Waals surface area contributed by atoms with Crippen LogP contribution in [-0.2, 0) is 5.41 Å². The van der Waals surface area contributed by atoms with Crippen molar-refractivity contribution in [2.45, 2.75) is 19.3 Å². The van der Waals surface area contributed by atoms with Crippen LogP contribution in [0.15, 0.2) is 206 Å². The highest BCUT2D eigenvalue weighted by atomic mass is 15.2. The number of para-hydroxylation sites is 4. The minimum atomic E-state index is -0.130. The first-order valence-electron chi connectivity index (χ1n) is 19.9. The number of fused-ring (bicyclic) bond motifs is 7. The van der Waals surface area contributed by atoms with Gasteiger partial charge in [0.25, 0.3) is 0 Å². The van der Waals surface area contributed by atoms with Gasteiger partial charge in [-0.3, -0.25) is 0 Å². The topological polar surface area (TPSA) is 8.17 Å². The Kier molecular flexibility index (Phi) is 7.55. The largest absolute Gasteiger partial charge is 0.308 e. The number of hydrogen-bond donors (Lipinski definition) is 0. The molecule has 1 aliphatic rings. The molecule has 57 heavy (non-hydrogen) atoms. The van der Waals surface area contributed by atoms with Gasteiger partial charge in [-0.25, -0.2) is 0 Å². The highest BCUT2D eigenvalue weighted by Crippen LogP contribution is 2.51. The molecule has 0 N–H and O–H groups in total. The minimum absolute atomic E-state index is 0.130. The van der Waals surface area contributed by atoms with Crippen molar-refractivity contribution in [2.75, 3.05) is 4.90 Å². The Hall–Kier alpha value is -7.16. The van der Waals surface area contributed by atoms with E-state index >= 15 is 0 Å². The van der Waals surface area contributed by atoms with E-state index in [0.717, 1.165) is 22.7 Å². The van der Waals surface area contributed by atoms with E-state index in [1.807, 2.05) is 0 Å². The number of aromatic nitrogens is 1. The van der Waals surface area contributed by atoms with Crippen LogP contribution in [-0.4, -0.2) is 4.57 Å². The second-order valence-electron chi connectivity index (χ2n) is 15.7. The molecule has 2 nitrogen and oxygen atoms in total. The summed E-state index contributed by atoms with van der Waals surface area (Å²) < 4.78 is 2.44. The Morgan fingerprint density at radius 3 is 1.67 bits per heavy atom. The molecular weight excluding hydrogens is 689 g/mol. The quantitative estimate of drug-likeness (QED) is 0.165. The molecule has 1 aromatic heterocycles. The Labute approximate surface area is 333 Å². The summed E-state index contributed by atoms with van der Waals surface area (Å²) in [5.74, 6) is 0. The predicted molar refractivity (Wildman–Crippen MR) is 241 cm³/mol. The van der Waals surface area contributed by atoms with Crippen molar-refractivity contribution in [1.82, 2.24) is 4.57 Å². The van der Waals surface area contributed by atoms with Gasteiger partial charge in [0.05, 0.1) is 22.4 Å². The molecule has 0 radical (unpaired) electrons. The third-order valence-corrected chi connectivity index (χ3v) is 12.2. The lowest BCUT2D eigenvalue weighted by atomic mass is 9.82. The van der Waals surface area contributed by atoms with Crippen molar-refractivity contribution in [3.63, 3.8) is 0 Å². The van der Waals surface area contributed by atoms with Crippen molar-refractivity contribution in [3.05, 3.63) is 217 Å². The van der Waals surface area contributed by atoms with Crippen molar-refractivity contribution in [2.24, 2.45) is 0 Å². The lowest BCUT2D eigenvalue weighted by molar-refractivity contribution is 0.660. The SMILES string of the molecule is CC1(C)c2ccccc2-c2ccc(N(c3ccc(-c4cccc5cccc(-c6ccccc6)c45)cc3)c3ccccc3-n3c4ccccc4c4ccccc43)cc21. The molecule has 0 atom stereocenters. The molecule has 0 spiro atoms. The molecule has 0 saturated carbocycles. The van der Waals surface area contributed by atoms with E-state index in [4.69, 9.17) is 0 Å². The molecule has 0 saturated heterocycles. The maximum absolute atomic E-state index is 2.46. The third-order valence-electron chi connectivity index (χ3n) is 12.2. The van der Waals surface area contributed by atoms with Gasteiger partial charge in [-0.2, -0.15) is 0 Å². The fourth-order valence-electron chi connectivity index (χ4n) is 9.51. The number of hydrogen-bond acceptors (Lipinski definition) is 1. The van der Waals surface area contributed by atoms with E-state index in [9.17, 15) is 0 Å². The van der Waals surface area contributed by atoms with Gasteiger partial charge in [0.1, 0.15) is 0 Å². The monoisotopic (exact) mass is 728 g/mol. The van der Waals surface area contributed by atoms with Crippen LogP contribution in [0.2, 0.25) is 0 Å². The molecular formula is C55H40N2. The number of nitrogens with zero attached hydrogens (tertiary/aromatic N) is 2. The summed E-state index contributed by atoms with van der Waals surface area (Å²) >= 11 is 0. The minimum Gasteiger partial charge on any atom is -0.308 e. The molecule has 2 heteroatoms. The average Bonchev–Trinajstić information content (AvgIpc) is 3.72. The van der Waals surface area contributed by atoms with Crippen LogP contribution in [0, 0.1) is 0 Å². The van der Waals surface area contributed by atoms with Gasteiger partial charge >= 0.3 is 0 Å². The van der Waals surface area contributed by atoms with E-state index in [-0.39, 0.29) is 5.41 Å². The summed E-state index contributed by atoms with van der Waals surface area (Å²) in [5, 5.41) is 5.01. The summed E-state index contributed by atoms with van der Waals surface area (Å²) in [4.78, 5) is 2.46. The second kappa shape index (κ2) is 13.0. The molecule has 0 fully saturated rings. The van der Waals surface area contributed by atoms with Crippen molar-refractivity contribution >= 4 is 49.6 Å². The van der Waals surface area contributed by atoms with Crippen molar-refractivity contribution in [3.8, 4) is 39.1 Å². The molecule has 0 bridgehead atoms. The summed E-state index contributed by atoms with van der Waals surface area (Å²) in [5.41, 5.74) is 17.0. The van der Waals surface area contributed by atoms with Crippen LogP contribution < -0.4 is 4.90 Å². The second-order valence-corrected chi connectivity index (χ2v) is 15.7. The molecule has 11 rings (SSSR count). The maximum atomic E-state index is 2.46. The summed E-state index contributed by atoms with van der Waals surface area (Å²) in [6.45, 7) is 4.72. The number of rotatable bonds is 6. The van der Waals surface area contributed by atoms with E-state index in [2.05, 4.69) is 230 Å². The average molecular weight is 729 g/mol. The van der Waals surface area contributed by atoms with Gasteiger partial charge in [-0.05, 0) is 104 Å². The molecule has 270 valence electrons. The molecule has 0 unspecified atom stereocenters. The van der Waals surface area contributed by atoms with Gasteiger partial charge in [0.2, 0.25) is 0 Å². The fraction of sp³-hybridized carbons (Fsp3) is 0.0545. The zero-order valence-corrected chi connectivity index (χ0v) is 32.0. The third kappa shape index (κ3) is 5.18. The van der Waals surface area contributed by atoms with Gasteiger partial charge < -0.3 is 9.47 Å². The van der Waals surface area contributed by atoms with Gasteiger partial charge in [0, 0.05) is 27.6 Å². The van der Waals surface area contributed by atoms with Crippen molar-refractivity contribution in [1.29, 1.82) is 0 Å². The molecule has 9 aromatic carbocycles. The van der Waals surface area contributed by atoms with Crippen LogP contribution in [0.4, 0.5) is 17.1 Å². The molecule has 0 aliphatic heterocycles. The Morgan fingerprint density at radius 1 is 0.404 bits per heavy atom. The molecule has 10 aromatic rings. The van der Waals surface area contributed by atoms with Crippen molar-refractivity contribution < 1.29 is 0 Å². The molecule has 0 amide bonds. The Morgan fingerprint density at radius 2 is 0.947 bits per heavy atom. The predicted octanol–water partition coefficient (Wildman–Crippen LogP) is 15.0. The summed E-state index contributed by atoms with van der Waals surface area (Å²) in [7, 11) is 0. The van der Waals surface area contributed by atoms with Gasteiger partial charge in [0.15, 0.2) is 0 Å². The van der Waals surface area contributed by atoms with E-state index in [1.165, 1.54) is 77.1 Å². The first kappa shape index (κ1) is 33.2. The first-order valence-corrected chi connectivity index (χ1v) is 19.9. The fourth-order valence-corrected chi connectivity index (χ4v) is 9.51. The lowest BCUT2D eigenvalue weighted by Gasteiger charge is -2.30. The van der Waals surface area contributed by atoms with Gasteiger partial charge in [-0.1, -0.05) is 172 Å². The van der Waals surface area contributed by atoms with Crippen LogP contribution in [0.3, 0.4) is 0 Å². The van der Waals surface area contributed by atoms with Crippen LogP contribution >= 0.6 is 0 Å². The van der Waals surface area contributed by atoms with Gasteiger partial charge in [-0.15, -0.1) is 0 Å². The molecule has 1 aliphatic carbocycles.